The van der Waals surface area contributed by atoms with Gasteiger partial charge in [-0.2, -0.15) is 4.31 Å². The van der Waals surface area contributed by atoms with Crippen molar-refractivity contribution >= 4 is 10.0 Å². The molecule has 1 aromatic rings. The summed E-state index contributed by atoms with van der Waals surface area (Å²) in [6.07, 6.45) is 3.74. The minimum absolute atomic E-state index is 0.284. The Bertz CT molecular complexity index is 630. The van der Waals surface area contributed by atoms with Crippen molar-refractivity contribution < 1.29 is 17.9 Å². The van der Waals surface area contributed by atoms with Crippen LogP contribution in [0.25, 0.3) is 0 Å². The lowest BCUT2D eigenvalue weighted by Crippen LogP contribution is -2.39. The highest BCUT2D eigenvalue weighted by Gasteiger charge is 2.29. The predicted molar refractivity (Wildman–Crippen MR) is 95.2 cm³/mol. The third kappa shape index (κ3) is 4.63. The van der Waals surface area contributed by atoms with E-state index in [4.69, 9.17) is 9.47 Å². The Balaban J connectivity index is 2.28. The van der Waals surface area contributed by atoms with Gasteiger partial charge in [0.15, 0.2) is 11.5 Å². The Hall–Kier alpha value is -1.27. The molecule has 0 radical (unpaired) electrons. The second-order valence-electron chi connectivity index (χ2n) is 6.42. The average Bonchev–Trinajstić information content (AvgIpc) is 2.58. The average molecular weight is 356 g/mol. The van der Waals surface area contributed by atoms with E-state index in [9.17, 15) is 8.42 Å². The lowest BCUT2D eigenvalue weighted by molar-refractivity contribution is 0.266. The van der Waals surface area contributed by atoms with E-state index in [1.54, 1.807) is 22.5 Å². The van der Waals surface area contributed by atoms with Crippen molar-refractivity contribution in [1.82, 2.24) is 4.31 Å². The first-order chi connectivity index (χ1) is 11.5. The fourth-order valence-corrected chi connectivity index (χ4v) is 4.43. The Kier molecular flexibility index (Phi) is 6.92. The summed E-state index contributed by atoms with van der Waals surface area (Å²) in [5.41, 5.74) is 0. The van der Waals surface area contributed by atoms with E-state index in [-0.39, 0.29) is 4.90 Å². The molecule has 1 saturated heterocycles. The normalized spacial score (nSPS) is 19.2. The van der Waals surface area contributed by atoms with Crippen LogP contribution in [0.5, 0.6) is 11.5 Å². The molecule has 136 valence electrons. The molecule has 5 nitrogen and oxygen atoms in total. The first-order valence-electron chi connectivity index (χ1n) is 8.88. The van der Waals surface area contributed by atoms with Gasteiger partial charge in [-0.3, -0.25) is 0 Å². The highest BCUT2D eigenvalue weighted by Crippen LogP contribution is 2.32. The zero-order chi connectivity index (χ0) is 17.6. The molecule has 0 N–H and O–H groups in total. The molecule has 0 aliphatic carbocycles. The maximum absolute atomic E-state index is 12.9. The van der Waals surface area contributed by atoms with E-state index in [1.165, 1.54) is 0 Å². The quantitative estimate of drug-likeness (QED) is 0.714. The Labute approximate surface area is 146 Å². The molecule has 2 rings (SSSR count). The van der Waals surface area contributed by atoms with Gasteiger partial charge in [0, 0.05) is 19.2 Å². The summed E-state index contributed by atoms with van der Waals surface area (Å²) in [4.78, 5) is 0.284. The first kappa shape index (κ1) is 19.1. The molecule has 24 heavy (non-hydrogen) atoms. The van der Waals surface area contributed by atoms with Gasteiger partial charge in [-0.25, -0.2) is 8.42 Å². The number of ether oxygens (including phenoxy) is 2. The van der Waals surface area contributed by atoms with Gasteiger partial charge in [-0.15, -0.1) is 0 Å². The van der Waals surface area contributed by atoms with Crippen molar-refractivity contribution in [2.45, 2.75) is 51.3 Å². The third-order valence-corrected chi connectivity index (χ3v) is 5.96. The number of benzene rings is 1. The number of piperidine rings is 1. The number of hydrogen-bond donors (Lipinski definition) is 0. The van der Waals surface area contributed by atoms with Gasteiger partial charge in [-0.05, 0) is 43.7 Å². The van der Waals surface area contributed by atoms with E-state index >= 15 is 0 Å². The predicted octanol–water partition coefficient (Wildman–Crippen LogP) is 3.68. The van der Waals surface area contributed by atoms with E-state index in [1.807, 2.05) is 13.8 Å². The molecule has 1 fully saturated rings. The Morgan fingerprint density at radius 3 is 2.42 bits per heavy atom. The minimum atomic E-state index is -3.48. The summed E-state index contributed by atoms with van der Waals surface area (Å²) in [5, 5.41) is 0. The van der Waals surface area contributed by atoms with Crippen LogP contribution in [0.4, 0.5) is 0 Å². The van der Waals surface area contributed by atoms with E-state index < -0.39 is 10.0 Å². The van der Waals surface area contributed by atoms with Crippen molar-refractivity contribution in [2.24, 2.45) is 5.92 Å². The molecule has 0 spiro atoms. The van der Waals surface area contributed by atoms with Crippen LogP contribution in [0, 0.1) is 5.92 Å². The zero-order valence-electron chi connectivity index (χ0n) is 15.0. The molecule has 1 aromatic carbocycles. The molecule has 0 amide bonds. The molecule has 6 heteroatoms. The molecular weight excluding hydrogens is 326 g/mol. The number of sulfonamides is 1. The van der Waals surface area contributed by atoms with E-state index in [2.05, 4.69) is 6.92 Å². The largest absolute Gasteiger partial charge is 0.490 e. The van der Waals surface area contributed by atoms with Crippen LogP contribution in [0.3, 0.4) is 0 Å². The topological polar surface area (TPSA) is 55.8 Å². The van der Waals surface area contributed by atoms with Gasteiger partial charge in [0.1, 0.15) is 0 Å². The molecule has 1 aliphatic heterocycles. The molecule has 0 unspecified atom stereocenters. The van der Waals surface area contributed by atoms with Crippen LogP contribution in [-0.4, -0.2) is 39.0 Å². The third-order valence-electron chi connectivity index (χ3n) is 4.10. The van der Waals surface area contributed by atoms with Gasteiger partial charge >= 0.3 is 0 Å². The monoisotopic (exact) mass is 355 g/mol. The van der Waals surface area contributed by atoms with Crippen molar-refractivity contribution in [1.29, 1.82) is 0 Å². The number of hydrogen-bond acceptors (Lipinski definition) is 4. The smallest absolute Gasteiger partial charge is 0.243 e. The second kappa shape index (κ2) is 8.72. The molecule has 0 aromatic heterocycles. The Morgan fingerprint density at radius 2 is 1.79 bits per heavy atom. The summed E-state index contributed by atoms with van der Waals surface area (Å²) in [6.45, 7) is 8.43. The SMILES string of the molecule is CCCOc1ccc(S(=O)(=O)N2CCC[C@H](C)C2)cc1OCCC. The zero-order valence-corrected chi connectivity index (χ0v) is 15.8. The summed E-state index contributed by atoms with van der Waals surface area (Å²) < 4.78 is 38.8. The van der Waals surface area contributed by atoms with Crippen LogP contribution in [0.1, 0.15) is 46.5 Å². The molecule has 1 atom stereocenters. The maximum atomic E-state index is 12.9. The molecule has 1 heterocycles. The van der Waals surface area contributed by atoms with Crippen LogP contribution >= 0.6 is 0 Å². The van der Waals surface area contributed by atoms with Crippen LogP contribution in [-0.2, 0) is 10.0 Å². The van der Waals surface area contributed by atoms with Gasteiger partial charge in [0.25, 0.3) is 0 Å². The van der Waals surface area contributed by atoms with Gasteiger partial charge in [0.2, 0.25) is 10.0 Å². The standard InChI is InChI=1S/C18H29NO4S/c1-4-11-22-17-9-8-16(13-18(17)23-12-5-2)24(20,21)19-10-6-7-15(3)14-19/h8-9,13,15H,4-7,10-12,14H2,1-3H3/t15-/m0/s1. The van der Waals surface area contributed by atoms with Crippen LogP contribution in [0.15, 0.2) is 23.1 Å². The van der Waals surface area contributed by atoms with E-state index in [0.717, 1.165) is 25.7 Å². The van der Waals surface area contributed by atoms with Gasteiger partial charge in [0.05, 0.1) is 18.1 Å². The summed E-state index contributed by atoms with van der Waals surface area (Å²) in [6, 6.07) is 4.94. The van der Waals surface area contributed by atoms with Crippen molar-refractivity contribution in [3.8, 4) is 11.5 Å². The first-order valence-corrected chi connectivity index (χ1v) is 10.3. The molecule has 0 saturated carbocycles. The van der Waals surface area contributed by atoms with Crippen LogP contribution < -0.4 is 9.47 Å². The highest BCUT2D eigenvalue weighted by atomic mass is 32.2. The number of nitrogens with zero attached hydrogens (tertiary/aromatic N) is 1. The van der Waals surface area contributed by atoms with Crippen molar-refractivity contribution in [3.63, 3.8) is 0 Å². The molecule has 1 aliphatic rings. The number of rotatable bonds is 8. The summed E-state index contributed by atoms with van der Waals surface area (Å²) >= 11 is 0. The van der Waals surface area contributed by atoms with Crippen molar-refractivity contribution in [3.05, 3.63) is 18.2 Å². The second-order valence-corrected chi connectivity index (χ2v) is 8.35. The maximum Gasteiger partial charge on any atom is 0.243 e. The van der Waals surface area contributed by atoms with Crippen molar-refractivity contribution in [2.75, 3.05) is 26.3 Å². The molecule has 0 bridgehead atoms. The lowest BCUT2D eigenvalue weighted by atomic mass is 10.0. The van der Waals surface area contributed by atoms with Gasteiger partial charge < -0.3 is 9.47 Å². The fourth-order valence-electron chi connectivity index (χ4n) is 2.82. The molecular formula is C18H29NO4S. The van der Waals surface area contributed by atoms with Gasteiger partial charge in [-0.1, -0.05) is 20.8 Å². The Morgan fingerprint density at radius 1 is 1.12 bits per heavy atom. The summed E-state index contributed by atoms with van der Waals surface area (Å²) in [7, 11) is -3.48. The van der Waals surface area contributed by atoms with E-state index in [0.29, 0.717) is 43.7 Å². The van der Waals surface area contributed by atoms with Crippen LogP contribution in [0.2, 0.25) is 0 Å². The minimum Gasteiger partial charge on any atom is -0.490 e. The fraction of sp³-hybridized carbons (Fsp3) is 0.667. The highest BCUT2D eigenvalue weighted by molar-refractivity contribution is 7.89. The lowest BCUT2D eigenvalue weighted by Gasteiger charge is -2.30. The summed E-state index contributed by atoms with van der Waals surface area (Å²) in [5.74, 6) is 1.52.